The van der Waals surface area contributed by atoms with Gasteiger partial charge in [-0.25, -0.2) is 9.78 Å². The van der Waals surface area contributed by atoms with E-state index in [1.54, 1.807) is 13.8 Å². The second-order valence-corrected chi connectivity index (χ2v) is 12.1. The molecule has 3 aliphatic rings. The van der Waals surface area contributed by atoms with Gasteiger partial charge in [-0.2, -0.15) is 0 Å². The number of rotatable bonds is 12. The summed E-state index contributed by atoms with van der Waals surface area (Å²) in [6.45, 7) is 3.15. The number of nitro benzene ring substituents is 1. The van der Waals surface area contributed by atoms with E-state index in [2.05, 4.69) is 19.8 Å². The predicted octanol–water partition coefficient (Wildman–Crippen LogP) is 2.39. The minimum atomic E-state index is -4.13. The van der Waals surface area contributed by atoms with Gasteiger partial charge >= 0.3 is 23.9 Å². The van der Waals surface area contributed by atoms with Crippen LogP contribution in [0.2, 0.25) is 0 Å². The van der Waals surface area contributed by atoms with E-state index in [0.29, 0.717) is 36.9 Å². The number of carbonyl (C=O) groups excluding carboxylic acids is 3. The highest BCUT2D eigenvalue weighted by Crippen LogP contribution is 2.52. The van der Waals surface area contributed by atoms with Gasteiger partial charge in [0.2, 0.25) is 11.5 Å². The van der Waals surface area contributed by atoms with E-state index in [0.717, 1.165) is 6.07 Å². The van der Waals surface area contributed by atoms with Crippen LogP contribution in [0.4, 0.5) is 14.5 Å². The summed E-state index contributed by atoms with van der Waals surface area (Å²) in [7, 11) is 0. The zero-order valence-corrected chi connectivity index (χ0v) is 27.1. The number of hydrogen-bond acceptors (Lipinski definition) is 13. The molecule has 1 aromatic carbocycles. The standard InChI is InChI=1S/C32H34F2N6O10/c1-3-15-16-13-39-21(25(16)38-20-12-22-27(50-32(33,34)48-22)26(24(15)20)40(45)46)11-18-17(29(39)43)14-47-30(44)31(18,4-2)49-23(41)8-10-37-28(42)19(36)7-5-6-9-35/h11-12,19H,3-10,13-14,35-36H2,1-2H3,(H,37,42). The van der Waals surface area contributed by atoms with Crippen molar-refractivity contribution < 1.29 is 47.0 Å². The normalized spacial score (nSPS) is 18.6. The van der Waals surface area contributed by atoms with Crippen LogP contribution in [0.15, 0.2) is 16.9 Å². The molecule has 3 aliphatic heterocycles. The van der Waals surface area contributed by atoms with Crippen LogP contribution in [-0.4, -0.2) is 57.7 Å². The van der Waals surface area contributed by atoms with Crippen molar-refractivity contribution in [2.24, 2.45) is 11.5 Å². The third-order valence-electron chi connectivity index (χ3n) is 9.16. The lowest BCUT2D eigenvalue weighted by molar-refractivity contribution is -0.385. The Balaban J connectivity index is 1.37. The summed E-state index contributed by atoms with van der Waals surface area (Å²) in [6, 6.07) is 1.82. The minimum absolute atomic E-state index is 0.0409. The van der Waals surface area contributed by atoms with Crippen LogP contribution in [0, 0.1) is 10.1 Å². The molecule has 50 heavy (non-hydrogen) atoms. The third-order valence-corrected chi connectivity index (χ3v) is 9.16. The van der Waals surface area contributed by atoms with Crippen LogP contribution in [0.3, 0.4) is 0 Å². The number of pyridine rings is 2. The Morgan fingerprint density at radius 2 is 1.96 bits per heavy atom. The number of esters is 2. The van der Waals surface area contributed by atoms with Gasteiger partial charge in [0.05, 0.1) is 51.8 Å². The van der Waals surface area contributed by atoms with E-state index in [1.807, 2.05) is 0 Å². The van der Waals surface area contributed by atoms with Crippen LogP contribution in [0.1, 0.15) is 68.2 Å². The van der Waals surface area contributed by atoms with E-state index in [9.17, 15) is 38.1 Å². The van der Waals surface area contributed by atoms with Crippen molar-refractivity contribution in [2.45, 2.75) is 83.5 Å². The molecule has 266 valence electrons. The topological polar surface area (TPSA) is 230 Å². The maximum atomic E-state index is 14.0. The number of cyclic esters (lactones) is 1. The molecule has 6 rings (SSSR count). The van der Waals surface area contributed by atoms with Gasteiger partial charge in [-0.15, -0.1) is 8.78 Å². The highest BCUT2D eigenvalue weighted by Gasteiger charge is 2.51. The van der Waals surface area contributed by atoms with Gasteiger partial charge in [0, 0.05) is 23.7 Å². The maximum Gasteiger partial charge on any atom is 0.586 e. The Hall–Kier alpha value is -5.23. The number of aromatic nitrogens is 2. The number of nitrogens with one attached hydrogen (secondary N) is 1. The number of alkyl halides is 2. The van der Waals surface area contributed by atoms with Gasteiger partial charge in [0.15, 0.2) is 5.75 Å². The Kier molecular flexibility index (Phi) is 8.94. The zero-order chi connectivity index (χ0) is 36.1. The molecule has 0 aliphatic carbocycles. The zero-order valence-electron chi connectivity index (χ0n) is 27.1. The molecule has 18 heteroatoms. The quantitative estimate of drug-likeness (QED) is 0.0835. The molecule has 2 atom stereocenters. The van der Waals surface area contributed by atoms with E-state index in [1.165, 1.54) is 10.6 Å². The Morgan fingerprint density at radius 1 is 1.20 bits per heavy atom. The number of halogens is 2. The molecule has 2 unspecified atom stereocenters. The molecule has 0 spiro atoms. The number of aryl methyl sites for hydroxylation is 1. The first-order chi connectivity index (χ1) is 23.8. The molecule has 3 aromatic rings. The van der Waals surface area contributed by atoms with Crippen molar-refractivity contribution in [1.82, 2.24) is 14.9 Å². The summed E-state index contributed by atoms with van der Waals surface area (Å²) >= 11 is 0. The molecule has 5 heterocycles. The second-order valence-electron chi connectivity index (χ2n) is 12.1. The van der Waals surface area contributed by atoms with Crippen molar-refractivity contribution in [3.8, 4) is 22.9 Å². The maximum absolute atomic E-state index is 14.0. The Bertz CT molecular complexity index is 2020. The molecule has 0 fully saturated rings. The van der Waals surface area contributed by atoms with E-state index >= 15 is 0 Å². The largest absolute Gasteiger partial charge is 0.586 e. The van der Waals surface area contributed by atoms with Gasteiger partial charge in [-0.3, -0.25) is 24.5 Å². The lowest BCUT2D eigenvalue weighted by Crippen LogP contribution is -2.48. The van der Waals surface area contributed by atoms with Crippen LogP contribution in [0.25, 0.3) is 22.3 Å². The number of unbranched alkanes of at least 4 members (excludes halogenated alkanes) is 1. The number of carbonyl (C=O) groups is 3. The van der Waals surface area contributed by atoms with Gasteiger partial charge in [-0.1, -0.05) is 20.3 Å². The van der Waals surface area contributed by atoms with Crippen molar-refractivity contribution in [3.05, 3.63) is 54.9 Å². The number of nitrogens with zero attached hydrogens (tertiary/aromatic N) is 3. The number of benzene rings is 1. The number of fused-ring (bicyclic) bond motifs is 6. The summed E-state index contributed by atoms with van der Waals surface area (Å²) in [5, 5.41) is 14.8. The smallest absolute Gasteiger partial charge is 0.457 e. The first kappa shape index (κ1) is 34.6. The SMILES string of the molecule is CCc1c2c(nc3cc4c(c([N+](=O)[O-])c13)OC(F)(F)O4)-c1cc3c(c(=O)n1C2)COC(=O)C3(CC)OC(=O)CCNC(=O)C(N)CCCCN. The Morgan fingerprint density at radius 3 is 2.64 bits per heavy atom. The van der Waals surface area contributed by atoms with Crippen LogP contribution in [-0.2, 0) is 49.0 Å². The first-order valence-electron chi connectivity index (χ1n) is 16.1. The van der Waals surface area contributed by atoms with Gasteiger partial charge < -0.3 is 40.3 Å². The predicted molar refractivity (Wildman–Crippen MR) is 169 cm³/mol. The summed E-state index contributed by atoms with van der Waals surface area (Å²) < 4.78 is 49.6. The molecule has 5 N–H and O–H groups in total. The molecule has 0 saturated heterocycles. The fourth-order valence-electron chi connectivity index (χ4n) is 6.74. The molecule has 0 saturated carbocycles. The van der Waals surface area contributed by atoms with Crippen LogP contribution >= 0.6 is 0 Å². The lowest BCUT2D eigenvalue weighted by Gasteiger charge is -2.35. The van der Waals surface area contributed by atoms with Gasteiger partial charge in [0.1, 0.15) is 6.61 Å². The summed E-state index contributed by atoms with van der Waals surface area (Å²) in [6.07, 6.45) is -2.58. The summed E-state index contributed by atoms with van der Waals surface area (Å²) in [5.74, 6) is -3.53. The van der Waals surface area contributed by atoms with Crippen LogP contribution in [0.5, 0.6) is 11.5 Å². The monoisotopic (exact) mass is 700 g/mol. The van der Waals surface area contributed by atoms with Crippen LogP contribution < -0.4 is 31.8 Å². The Labute approximate surface area is 282 Å². The fraction of sp³-hybridized carbons (Fsp3) is 0.469. The van der Waals surface area contributed by atoms with E-state index < -0.39 is 70.1 Å². The van der Waals surface area contributed by atoms with E-state index in [4.69, 9.17) is 20.9 Å². The number of nitrogens with two attached hydrogens (primary N) is 2. The van der Waals surface area contributed by atoms with E-state index in [-0.39, 0.29) is 65.8 Å². The number of nitro groups is 1. The fourth-order valence-corrected chi connectivity index (χ4v) is 6.74. The number of ether oxygens (including phenoxy) is 4. The minimum Gasteiger partial charge on any atom is -0.457 e. The molecule has 1 amide bonds. The molecule has 0 radical (unpaired) electrons. The highest BCUT2D eigenvalue weighted by molar-refractivity contribution is 5.99. The molecular weight excluding hydrogens is 666 g/mol. The summed E-state index contributed by atoms with van der Waals surface area (Å²) in [4.78, 5) is 68.8. The number of amides is 1. The van der Waals surface area contributed by atoms with Crippen molar-refractivity contribution in [2.75, 3.05) is 13.1 Å². The average molecular weight is 701 g/mol. The highest BCUT2D eigenvalue weighted by atomic mass is 19.3. The average Bonchev–Trinajstić information content (AvgIpc) is 3.59. The molecule has 16 nitrogen and oxygen atoms in total. The molecule has 2 aromatic heterocycles. The lowest BCUT2D eigenvalue weighted by atomic mass is 9.85. The van der Waals surface area contributed by atoms with Gasteiger partial charge in [0.25, 0.3) is 11.3 Å². The second kappa shape index (κ2) is 12.9. The van der Waals surface area contributed by atoms with Crippen molar-refractivity contribution in [3.63, 3.8) is 0 Å². The molecular formula is C32H34F2N6O10. The van der Waals surface area contributed by atoms with Crippen molar-refractivity contribution in [1.29, 1.82) is 0 Å². The molecule has 0 bridgehead atoms. The first-order valence-corrected chi connectivity index (χ1v) is 16.1. The van der Waals surface area contributed by atoms with Gasteiger partial charge in [-0.05, 0) is 43.9 Å². The third kappa shape index (κ3) is 5.67. The van der Waals surface area contributed by atoms with Crippen molar-refractivity contribution >= 4 is 34.4 Å². The number of hydrogen-bond donors (Lipinski definition) is 3. The summed E-state index contributed by atoms with van der Waals surface area (Å²) in [5.41, 5.74) is 9.35.